The highest BCUT2D eigenvalue weighted by Crippen LogP contribution is 2.26. The van der Waals surface area contributed by atoms with Crippen molar-refractivity contribution < 1.29 is 13.5 Å². The van der Waals surface area contributed by atoms with Crippen LogP contribution in [-0.2, 0) is 11.3 Å². The number of rotatable bonds is 6. The van der Waals surface area contributed by atoms with E-state index in [1.807, 2.05) is 13.8 Å². The molecular formula is C13H20F2N2O. The molecule has 2 N–H and O–H groups in total. The summed E-state index contributed by atoms with van der Waals surface area (Å²) in [7, 11) is 1.56. The summed E-state index contributed by atoms with van der Waals surface area (Å²) in [6.45, 7) is 4.74. The molecule has 0 saturated heterocycles. The first-order valence-electron chi connectivity index (χ1n) is 5.98. The summed E-state index contributed by atoms with van der Waals surface area (Å²) in [5, 5.41) is 0. The summed E-state index contributed by atoms with van der Waals surface area (Å²) in [4.78, 5) is 1.65. The van der Waals surface area contributed by atoms with Gasteiger partial charge in [-0.3, -0.25) is 0 Å². The molecule has 5 heteroatoms. The number of methoxy groups -OCH3 is 1. The lowest BCUT2D eigenvalue weighted by Crippen LogP contribution is -2.37. The van der Waals surface area contributed by atoms with Crippen LogP contribution >= 0.6 is 0 Å². The molecule has 1 aromatic carbocycles. The maximum Gasteiger partial charge on any atom is 0.149 e. The van der Waals surface area contributed by atoms with Gasteiger partial charge in [0.05, 0.1) is 6.61 Å². The average molecular weight is 258 g/mol. The highest BCUT2D eigenvalue weighted by Gasteiger charge is 2.21. The van der Waals surface area contributed by atoms with Gasteiger partial charge in [0.2, 0.25) is 0 Å². The number of likely N-dealkylation sites (N-methyl/N-ethyl adjacent to an activating group) is 1. The van der Waals surface area contributed by atoms with Crippen LogP contribution in [0.25, 0.3) is 0 Å². The molecule has 0 amide bonds. The monoisotopic (exact) mass is 258 g/mol. The molecule has 18 heavy (non-hydrogen) atoms. The SMILES string of the molecule is CCN(c1c(F)cc(CN)cc1F)C(C)COC. The Morgan fingerprint density at radius 1 is 1.33 bits per heavy atom. The molecule has 0 aromatic heterocycles. The van der Waals surface area contributed by atoms with Gasteiger partial charge in [-0.1, -0.05) is 0 Å². The Hall–Kier alpha value is -1.20. The first kappa shape index (κ1) is 14.9. The summed E-state index contributed by atoms with van der Waals surface area (Å²) in [6.07, 6.45) is 0. The Balaban J connectivity index is 3.13. The maximum absolute atomic E-state index is 14.0. The summed E-state index contributed by atoms with van der Waals surface area (Å²) in [5.74, 6) is -1.17. The Bertz CT molecular complexity index is 376. The normalized spacial score (nSPS) is 12.6. The lowest BCUT2D eigenvalue weighted by atomic mass is 10.1. The molecule has 1 rings (SSSR count). The number of benzene rings is 1. The van der Waals surface area contributed by atoms with E-state index in [9.17, 15) is 8.78 Å². The van der Waals surface area contributed by atoms with Gasteiger partial charge >= 0.3 is 0 Å². The van der Waals surface area contributed by atoms with Gasteiger partial charge in [-0.05, 0) is 31.5 Å². The summed E-state index contributed by atoms with van der Waals surface area (Å²) in [6, 6.07) is 2.45. The van der Waals surface area contributed by atoms with E-state index in [0.717, 1.165) is 0 Å². The van der Waals surface area contributed by atoms with Crippen LogP contribution in [0.3, 0.4) is 0 Å². The largest absolute Gasteiger partial charge is 0.383 e. The summed E-state index contributed by atoms with van der Waals surface area (Å²) in [5.41, 5.74) is 5.82. The van der Waals surface area contributed by atoms with Crippen molar-refractivity contribution in [2.45, 2.75) is 26.4 Å². The van der Waals surface area contributed by atoms with Crippen molar-refractivity contribution in [3.05, 3.63) is 29.3 Å². The second-order valence-corrected chi connectivity index (χ2v) is 4.20. The fraction of sp³-hybridized carbons (Fsp3) is 0.538. The zero-order valence-electron chi connectivity index (χ0n) is 11.0. The smallest absolute Gasteiger partial charge is 0.149 e. The van der Waals surface area contributed by atoms with Gasteiger partial charge < -0.3 is 15.4 Å². The molecule has 0 bridgehead atoms. The molecule has 3 nitrogen and oxygen atoms in total. The first-order valence-corrected chi connectivity index (χ1v) is 5.98. The topological polar surface area (TPSA) is 38.5 Å². The fourth-order valence-electron chi connectivity index (χ4n) is 2.03. The van der Waals surface area contributed by atoms with Gasteiger partial charge in [0, 0.05) is 26.2 Å². The minimum Gasteiger partial charge on any atom is -0.383 e. The van der Waals surface area contributed by atoms with E-state index in [-0.39, 0.29) is 18.3 Å². The van der Waals surface area contributed by atoms with Crippen LogP contribution in [0.4, 0.5) is 14.5 Å². The van der Waals surface area contributed by atoms with E-state index >= 15 is 0 Å². The number of ether oxygens (including phenoxy) is 1. The van der Waals surface area contributed by atoms with Crippen LogP contribution in [0.15, 0.2) is 12.1 Å². The summed E-state index contributed by atoms with van der Waals surface area (Å²) >= 11 is 0. The Kier molecular flexibility index (Phi) is 5.50. The Morgan fingerprint density at radius 2 is 1.89 bits per heavy atom. The molecule has 102 valence electrons. The number of nitrogens with zero attached hydrogens (tertiary/aromatic N) is 1. The van der Waals surface area contributed by atoms with Crippen LogP contribution in [0.5, 0.6) is 0 Å². The number of nitrogens with two attached hydrogens (primary N) is 1. The average Bonchev–Trinajstić information content (AvgIpc) is 2.33. The zero-order valence-corrected chi connectivity index (χ0v) is 11.0. The molecule has 0 fully saturated rings. The van der Waals surface area contributed by atoms with Gasteiger partial charge in [0.1, 0.15) is 17.3 Å². The number of halogens is 2. The molecule has 0 aliphatic rings. The van der Waals surface area contributed by atoms with Gasteiger partial charge in [-0.15, -0.1) is 0 Å². The van der Waals surface area contributed by atoms with E-state index in [1.54, 1.807) is 12.0 Å². The van der Waals surface area contributed by atoms with Crippen LogP contribution in [0, 0.1) is 11.6 Å². The van der Waals surface area contributed by atoms with Gasteiger partial charge in [0.15, 0.2) is 0 Å². The predicted octanol–water partition coefficient (Wildman–Crippen LogP) is 2.28. The van der Waals surface area contributed by atoms with Crippen LogP contribution < -0.4 is 10.6 Å². The molecule has 0 aliphatic carbocycles. The number of anilines is 1. The molecule has 0 heterocycles. The second kappa shape index (κ2) is 6.66. The summed E-state index contributed by atoms with van der Waals surface area (Å²) < 4.78 is 32.9. The molecule has 1 aromatic rings. The fourth-order valence-corrected chi connectivity index (χ4v) is 2.03. The first-order chi connectivity index (χ1) is 8.54. The van der Waals surface area contributed by atoms with Crippen molar-refractivity contribution >= 4 is 5.69 Å². The van der Waals surface area contributed by atoms with E-state index < -0.39 is 11.6 Å². The van der Waals surface area contributed by atoms with Crippen molar-refractivity contribution in [3.63, 3.8) is 0 Å². The minimum atomic E-state index is -0.583. The molecule has 0 radical (unpaired) electrons. The van der Waals surface area contributed by atoms with Crippen molar-refractivity contribution in [3.8, 4) is 0 Å². The van der Waals surface area contributed by atoms with Crippen molar-refractivity contribution in [2.75, 3.05) is 25.2 Å². The van der Waals surface area contributed by atoms with Crippen LogP contribution in [-0.4, -0.2) is 26.3 Å². The molecule has 1 atom stereocenters. The van der Waals surface area contributed by atoms with E-state index in [2.05, 4.69) is 0 Å². The molecule has 0 aliphatic heterocycles. The Labute approximate surface area is 107 Å². The minimum absolute atomic E-state index is 0.0146. The van der Waals surface area contributed by atoms with Gasteiger partial charge in [0.25, 0.3) is 0 Å². The second-order valence-electron chi connectivity index (χ2n) is 4.20. The maximum atomic E-state index is 14.0. The van der Waals surface area contributed by atoms with Gasteiger partial charge in [-0.2, -0.15) is 0 Å². The van der Waals surface area contributed by atoms with E-state index in [1.165, 1.54) is 12.1 Å². The quantitative estimate of drug-likeness (QED) is 0.850. The third kappa shape index (κ3) is 3.17. The van der Waals surface area contributed by atoms with Crippen molar-refractivity contribution in [1.29, 1.82) is 0 Å². The predicted molar refractivity (Wildman–Crippen MR) is 68.6 cm³/mol. The number of hydrogen-bond donors (Lipinski definition) is 1. The zero-order chi connectivity index (χ0) is 13.7. The van der Waals surface area contributed by atoms with Crippen molar-refractivity contribution in [2.24, 2.45) is 5.73 Å². The van der Waals surface area contributed by atoms with Gasteiger partial charge in [-0.25, -0.2) is 8.78 Å². The number of hydrogen-bond acceptors (Lipinski definition) is 3. The highest BCUT2D eigenvalue weighted by molar-refractivity contribution is 5.51. The third-order valence-corrected chi connectivity index (χ3v) is 2.88. The van der Waals surface area contributed by atoms with Crippen LogP contribution in [0.1, 0.15) is 19.4 Å². The molecule has 0 saturated carbocycles. The lowest BCUT2D eigenvalue weighted by Gasteiger charge is -2.30. The Morgan fingerprint density at radius 3 is 2.28 bits per heavy atom. The lowest BCUT2D eigenvalue weighted by molar-refractivity contribution is 0.181. The molecule has 1 unspecified atom stereocenters. The highest BCUT2D eigenvalue weighted by atomic mass is 19.1. The molecular weight excluding hydrogens is 238 g/mol. The van der Waals surface area contributed by atoms with Crippen molar-refractivity contribution in [1.82, 2.24) is 0 Å². The van der Waals surface area contributed by atoms with E-state index in [0.29, 0.717) is 18.7 Å². The van der Waals surface area contributed by atoms with Crippen LogP contribution in [0.2, 0.25) is 0 Å². The third-order valence-electron chi connectivity index (χ3n) is 2.88. The van der Waals surface area contributed by atoms with E-state index in [4.69, 9.17) is 10.5 Å². The standard InChI is InChI=1S/C13H20F2N2O/c1-4-17(9(2)8-18-3)13-11(14)5-10(7-16)6-12(13)15/h5-6,9H,4,7-8,16H2,1-3H3. The molecule has 0 spiro atoms.